The molecule has 0 saturated heterocycles. The maximum Gasteiger partial charge on any atom is 0.202 e. The number of hydrogen-bond donors (Lipinski definition) is 1. The molecule has 0 aromatic heterocycles. The Labute approximate surface area is 121 Å². The Balaban J connectivity index is 2.39. The van der Waals surface area contributed by atoms with Crippen LogP contribution in [0.4, 0.5) is 0 Å². The van der Waals surface area contributed by atoms with Gasteiger partial charge in [-0.3, -0.25) is 4.79 Å². The summed E-state index contributed by atoms with van der Waals surface area (Å²) in [6, 6.07) is 15.8. The quantitative estimate of drug-likeness (QED) is 0.819. The van der Waals surface area contributed by atoms with Crippen molar-refractivity contribution in [2.45, 2.75) is 11.0 Å². The molecule has 2 atom stereocenters. The van der Waals surface area contributed by atoms with Gasteiger partial charge in [-0.25, -0.2) is 0 Å². The number of nitriles is 1. The number of rotatable bonds is 1. The first-order valence-electron chi connectivity index (χ1n) is 6.10. The molecule has 98 valence electrons. The van der Waals surface area contributed by atoms with E-state index < -0.39 is 16.8 Å². The Kier molecular flexibility index (Phi) is 2.86. The zero-order valence-electron chi connectivity index (χ0n) is 10.4. The monoisotopic (exact) mass is 283 g/mol. The van der Waals surface area contributed by atoms with Gasteiger partial charge in [0.1, 0.15) is 0 Å². The van der Waals surface area contributed by atoms with Gasteiger partial charge >= 0.3 is 0 Å². The second-order valence-corrected chi connectivity index (χ2v) is 5.11. The molecule has 1 aliphatic rings. The molecule has 0 bridgehead atoms. The van der Waals surface area contributed by atoms with Crippen molar-refractivity contribution >= 4 is 17.4 Å². The summed E-state index contributed by atoms with van der Waals surface area (Å²) in [6.07, 6.45) is 0. The summed E-state index contributed by atoms with van der Waals surface area (Å²) in [6.45, 7) is 0. The minimum Gasteiger partial charge on any atom is -0.375 e. The molecule has 0 fully saturated rings. The molecule has 1 aliphatic carbocycles. The second kappa shape index (κ2) is 4.45. The standard InChI is InChI=1S/C16H10ClNO2/c17-14(9-18)16(20)13-8-4-3-6-11(13)10-5-1-2-7-12(10)15(16)19/h1-8,14,20H. The molecule has 2 aromatic rings. The van der Waals surface area contributed by atoms with Crippen molar-refractivity contribution in [1.82, 2.24) is 0 Å². The first-order valence-corrected chi connectivity index (χ1v) is 6.54. The van der Waals surface area contributed by atoms with Crippen molar-refractivity contribution in [2.24, 2.45) is 0 Å². The highest BCUT2D eigenvalue weighted by Crippen LogP contribution is 2.44. The van der Waals surface area contributed by atoms with Gasteiger partial charge in [-0.15, -0.1) is 11.6 Å². The smallest absolute Gasteiger partial charge is 0.202 e. The summed E-state index contributed by atoms with van der Waals surface area (Å²) in [5.41, 5.74) is 0.229. The highest BCUT2D eigenvalue weighted by Gasteiger charge is 2.50. The van der Waals surface area contributed by atoms with Crippen molar-refractivity contribution < 1.29 is 9.90 Å². The Morgan fingerprint density at radius 1 is 1.05 bits per heavy atom. The average molecular weight is 284 g/mol. The third kappa shape index (κ3) is 1.53. The van der Waals surface area contributed by atoms with Crippen LogP contribution in [-0.2, 0) is 5.60 Å². The van der Waals surface area contributed by atoms with Crippen LogP contribution in [0.15, 0.2) is 48.5 Å². The fourth-order valence-corrected chi connectivity index (χ4v) is 2.86. The van der Waals surface area contributed by atoms with Gasteiger partial charge in [0.25, 0.3) is 0 Å². The van der Waals surface area contributed by atoms with Crippen molar-refractivity contribution in [2.75, 3.05) is 0 Å². The summed E-state index contributed by atoms with van der Waals surface area (Å²) >= 11 is 5.94. The van der Waals surface area contributed by atoms with E-state index in [9.17, 15) is 9.90 Å². The number of ketones is 1. The third-order valence-corrected chi connectivity index (χ3v) is 4.04. The molecule has 2 aromatic carbocycles. The fourth-order valence-electron chi connectivity index (χ4n) is 2.64. The molecular weight excluding hydrogens is 274 g/mol. The van der Waals surface area contributed by atoms with E-state index in [-0.39, 0.29) is 0 Å². The molecule has 2 unspecified atom stereocenters. The number of aliphatic hydroxyl groups is 1. The number of benzene rings is 2. The van der Waals surface area contributed by atoms with Gasteiger partial charge in [-0.1, -0.05) is 48.5 Å². The maximum atomic E-state index is 12.6. The number of halogens is 1. The van der Waals surface area contributed by atoms with Crippen molar-refractivity contribution in [3.63, 3.8) is 0 Å². The zero-order chi connectivity index (χ0) is 14.3. The fraction of sp³-hybridized carbons (Fsp3) is 0.125. The van der Waals surface area contributed by atoms with Gasteiger partial charge in [0, 0.05) is 11.1 Å². The third-order valence-electron chi connectivity index (χ3n) is 3.63. The minimum absolute atomic E-state index is 0.380. The number of nitrogens with zero attached hydrogens (tertiary/aromatic N) is 1. The first kappa shape index (κ1) is 12.9. The van der Waals surface area contributed by atoms with Crippen LogP contribution in [0.2, 0.25) is 0 Å². The predicted molar refractivity (Wildman–Crippen MR) is 75.4 cm³/mol. The van der Waals surface area contributed by atoms with Gasteiger partial charge < -0.3 is 5.11 Å². The molecule has 0 saturated carbocycles. The second-order valence-electron chi connectivity index (χ2n) is 4.68. The maximum absolute atomic E-state index is 12.6. The van der Waals surface area contributed by atoms with Crippen LogP contribution in [0.25, 0.3) is 11.1 Å². The number of carbonyl (C=O) groups excluding carboxylic acids is 1. The molecule has 0 heterocycles. The molecule has 3 nitrogen and oxygen atoms in total. The summed E-state index contributed by atoms with van der Waals surface area (Å²) in [4.78, 5) is 12.6. The Bertz CT molecular complexity index is 750. The van der Waals surface area contributed by atoms with Gasteiger partial charge in [0.15, 0.2) is 11.0 Å². The highest BCUT2D eigenvalue weighted by atomic mass is 35.5. The lowest BCUT2D eigenvalue weighted by Crippen LogP contribution is -2.46. The van der Waals surface area contributed by atoms with E-state index in [1.165, 1.54) is 0 Å². The minimum atomic E-state index is -2.01. The SMILES string of the molecule is N#CC(Cl)C1(O)C(=O)c2ccccc2-c2ccccc21. The number of hydrogen-bond acceptors (Lipinski definition) is 3. The largest absolute Gasteiger partial charge is 0.375 e. The lowest BCUT2D eigenvalue weighted by atomic mass is 9.73. The van der Waals surface area contributed by atoms with E-state index in [2.05, 4.69) is 0 Å². The summed E-state index contributed by atoms with van der Waals surface area (Å²) in [5.74, 6) is -0.534. The summed E-state index contributed by atoms with van der Waals surface area (Å²) in [7, 11) is 0. The number of fused-ring (bicyclic) bond motifs is 3. The van der Waals surface area contributed by atoms with Crippen LogP contribution < -0.4 is 0 Å². The molecule has 4 heteroatoms. The van der Waals surface area contributed by atoms with Crippen LogP contribution in [0.5, 0.6) is 0 Å². The van der Waals surface area contributed by atoms with E-state index in [1.54, 1.807) is 30.3 Å². The lowest BCUT2D eigenvalue weighted by Gasteiger charge is -2.34. The molecule has 0 amide bonds. The Morgan fingerprint density at radius 2 is 1.60 bits per heavy atom. The normalized spacial score (nSPS) is 21.6. The van der Waals surface area contributed by atoms with Gasteiger partial charge in [0.05, 0.1) is 6.07 Å². The predicted octanol–water partition coefficient (Wildman–Crippen LogP) is 2.87. The molecule has 0 spiro atoms. The number of alkyl halides is 1. The van der Waals surface area contributed by atoms with Crippen LogP contribution >= 0.6 is 11.6 Å². The Morgan fingerprint density at radius 3 is 2.25 bits per heavy atom. The average Bonchev–Trinajstić information content (AvgIpc) is 2.51. The molecule has 3 rings (SSSR count). The van der Waals surface area contributed by atoms with E-state index in [0.29, 0.717) is 11.1 Å². The van der Waals surface area contributed by atoms with Crippen LogP contribution in [-0.4, -0.2) is 16.3 Å². The zero-order valence-corrected chi connectivity index (χ0v) is 11.1. The van der Waals surface area contributed by atoms with E-state index in [1.807, 2.05) is 24.3 Å². The van der Waals surface area contributed by atoms with Crippen molar-refractivity contribution in [1.29, 1.82) is 5.26 Å². The Hall–Kier alpha value is -2.15. The van der Waals surface area contributed by atoms with E-state index in [0.717, 1.165) is 11.1 Å². The van der Waals surface area contributed by atoms with E-state index >= 15 is 0 Å². The lowest BCUT2D eigenvalue weighted by molar-refractivity contribution is 0.0333. The summed E-state index contributed by atoms with van der Waals surface area (Å²) in [5, 5.41) is 18.5. The highest BCUT2D eigenvalue weighted by molar-refractivity contribution is 6.27. The number of Topliss-reactive ketones (excluding diaryl/α,β-unsaturated/α-hetero) is 1. The van der Waals surface area contributed by atoms with Crippen LogP contribution in [0.3, 0.4) is 0 Å². The van der Waals surface area contributed by atoms with Crippen LogP contribution in [0.1, 0.15) is 15.9 Å². The topological polar surface area (TPSA) is 61.1 Å². The molecule has 1 N–H and O–H groups in total. The van der Waals surface area contributed by atoms with Crippen LogP contribution in [0, 0.1) is 11.3 Å². The summed E-state index contributed by atoms with van der Waals surface area (Å²) < 4.78 is 0. The molecule has 0 radical (unpaired) electrons. The molecule has 20 heavy (non-hydrogen) atoms. The molecular formula is C16H10ClNO2. The van der Waals surface area contributed by atoms with Crippen molar-refractivity contribution in [3.8, 4) is 17.2 Å². The van der Waals surface area contributed by atoms with Gasteiger partial charge in [-0.2, -0.15) is 5.26 Å². The van der Waals surface area contributed by atoms with Gasteiger partial charge in [0.2, 0.25) is 5.78 Å². The van der Waals surface area contributed by atoms with E-state index in [4.69, 9.17) is 16.9 Å². The molecule has 0 aliphatic heterocycles. The van der Waals surface area contributed by atoms with Gasteiger partial charge in [-0.05, 0) is 11.1 Å². The first-order chi connectivity index (χ1) is 9.60. The number of carbonyl (C=O) groups is 1. The van der Waals surface area contributed by atoms with Crippen molar-refractivity contribution in [3.05, 3.63) is 59.7 Å².